The van der Waals surface area contributed by atoms with Gasteiger partial charge in [0.1, 0.15) is 0 Å². The molecule has 0 radical (unpaired) electrons. The molecule has 3 atom stereocenters. The Bertz CT molecular complexity index is 343. The van der Waals surface area contributed by atoms with Crippen molar-refractivity contribution < 1.29 is 9.53 Å². The summed E-state index contributed by atoms with van der Waals surface area (Å²) in [7, 11) is 0. The average Bonchev–Trinajstić information content (AvgIpc) is 2.40. The van der Waals surface area contributed by atoms with Crippen LogP contribution in [0.1, 0.15) is 39.5 Å². The number of ether oxygens (including phenoxy) is 1. The van der Waals surface area contributed by atoms with Crippen molar-refractivity contribution in [1.29, 1.82) is 0 Å². The minimum atomic E-state index is -0.339. The second-order valence-corrected chi connectivity index (χ2v) is 6.56. The molecular formula is C15H31Cl2N3O2. The molecule has 0 aromatic heterocycles. The van der Waals surface area contributed by atoms with Gasteiger partial charge in [0.25, 0.3) is 0 Å². The molecule has 1 aliphatic carbocycles. The van der Waals surface area contributed by atoms with Crippen LogP contribution in [-0.4, -0.2) is 55.2 Å². The van der Waals surface area contributed by atoms with E-state index in [4.69, 9.17) is 10.5 Å². The fourth-order valence-electron chi connectivity index (χ4n) is 3.33. The number of amides is 1. The number of nitrogens with two attached hydrogens (primary N) is 1. The third-order valence-corrected chi connectivity index (χ3v) is 4.77. The molecule has 0 aromatic carbocycles. The number of carbonyl (C=O) groups excluding carboxylic acids is 1. The second kappa shape index (κ2) is 9.93. The van der Waals surface area contributed by atoms with Crippen LogP contribution < -0.4 is 11.1 Å². The third kappa shape index (κ3) is 5.85. The summed E-state index contributed by atoms with van der Waals surface area (Å²) in [6.45, 7) is 8.31. The van der Waals surface area contributed by atoms with Crippen molar-refractivity contribution in [3.05, 3.63) is 0 Å². The zero-order valence-electron chi connectivity index (χ0n) is 13.7. The van der Waals surface area contributed by atoms with Crippen LogP contribution in [0.5, 0.6) is 0 Å². The molecule has 1 saturated heterocycles. The summed E-state index contributed by atoms with van der Waals surface area (Å²) in [6.07, 6.45) is 4.13. The SMILES string of the molecule is CC1COCCN1CCNC(=O)C1CCCCC1(C)N.Cl.Cl. The van der Waals surface area contributed by atoms with E-state index in [1.165, 1.54) is 0 Å². The topological polar surface area (TPSA) is 67.6 Å². The lowest BCUT2D eigenvalue weighted by molar-refractivity contribution is -0.128. The van der Waals surface area contributed by atoms with Gasteiger partial charge in [-0.05, 0) is 26.7 Å². The number of morpholine rings is 1. The molecule has 2 rings (SSSR count). The zero-order chi connectivity index (χ0) is 14.6. The summed E-state index contributed by atoms with van der Waals surface area (Å²) in [5.74, 6) is 0.106. The zero-order valence-corrected chi connectivity index (χ0v) is 15.3. The Kier molecular flexibility index (Phi) is 9.90. The molecule has 0 aromatic rings. The van der Waals surface area contributed by atoms with Gasteiger partial charge in [-0.2, -0.15) is 0 Å². The molecule has 1 aliphatic heterocycles. The third-order valence-electron chi connectivity index (χ3n) is 4.77. The standard InChI is InChI=1S/C15H29N3O2.2ClH/c1-12-11-20-10-9-18(12)8-7-17-14(19)13-5-3-4-6-15(13,2)16;;/h12-13H,3-11,16H2,1-2H3,(H,17,19);2*1H. The molecule has 2 aliphatic rings. The smallest absolute Gasteiger partial charge is 0.225 e. The Labute approximate surface area is 146 Å². The van der Waals surface area contributed by atoms with Gasteiger partial charge in [0.2, 0.25) is 5.91 Å². The number of hydrogen-bond donors (Lipinski definition) is 2. The van der Waals surface area contributed by atoms with Crippen molar-refractivity contribution in [3.63, 3.8) is 0 Å². The number of rotatable bonds is 4. The number of carbonyl (C=O) groups is 1. The summed E-state index contributed by atoms with van der Waals surface area (Å²) in [6, 6.07) is 0.440. The second-order valence-electron chi connectivity index (χ2n) is 6.56. The summed E-state index contributed by atoms with van der Waals surface area (Å²) < 4.78 is 5.42. The van der Waals surface area contributed by atoms with E-state index in [-0.39, 0.29) is 42.2 Å². The highest BCUT2D eigenvalue weighted by molar-refractivity contribution is 5.85. The Morgan fingerprint density at radius 1 is 1.41 bits per heavy atom. The van der Waals surface area contributed by atoms with E-state index in [1.54, 1.807) is 0 Å². The fourth-order valence-corrected chi connectivity index (χ4v) is 3.33. The Balaban J connectivity index is 0.00000220. The highest BCUT2D eigenvalue weighted by atomic mass is 35.5. The van der Waals surface area contributed by atoms with Gasteiger partial charge in [0.15, 0.2) is 0 Å². The van der Waals surface area contributed by atoms with Crippen LogP contribution >= 0.6 is 24.8 Å². The van der Waals surface area contributed by atoms with E-state index in [2.05, 4.69) is 17.1 Å². The molecule has 1 amide bonds. The first-order valence-corrected chi connectivity index (χ1v) is 7.89. The molecule has 0 bridgehead atoms. The van der Waals surface area contributed by atoms with Crippen LogP contribution in [0.3, 0.4) is 0 Å². The van der Waals surface area contributed by atoms with Gasteiger partial charge in [0.05, 0.1) is 19.1 Å². The predicted molar refractivity (Wildman–Crippen MR) is 93.9 cm³/mol. The van der Waals surface area contributed by atoms with Crippen molar-refractivity contribution >= 4 is 30.7 Å². The van der Waals surface area contributed by atoms with Gasteiger partial charge in [-0.15, -0.1) is 24.8 Å². The summed E-state index contributed by atoms with van der Waals surface area (Å²) in [4.78, 5) is 14.7. The van der Waals surface area contributed by atoms with Crippen molar-refractivity contribution in [1.82, 2.24) is 10.2 Å². The van der Waals surface area contributed by atoms with Crippen LogP contribution in [0.2, 0.25) is 0 Å². The normalized spacial score (nSPS) is 32.5. The molecule has 1 saturated carbocycles. The lowest BCUT2D eigenvalue weighted by Crippen LogP contribution is -2.54. The van der Waals surface area contributed by atoms with Crippen molar-refractivity contribution in [3.8, 4) is 0 Å². The van der Waals surface area contributed by atoms with Crippen LogP contribution in [0.25, 0.3) is 0 Å². The first kappa shape index (κ1) is 21.9. The van der Waals surface area contributed by atoms with Gasteiger partial charge >= 0.3 is 0 Å². The lowest BCUT2D eigenvalue weighted by atomic mass is 9.74. The quantitative estimate of drug-likeness (QED) is 0.803. The van der Waals surface area contributed by atoms with E-state index in [0.29, 0.717) is 12.6 Å². The molecule has 1 heterocycles. The van der Waals surface area contributed by atoms with E-state index in [1.807, 2.05) is 6.92 Å². The predicted octanol–water partition coefficient (Wildman–Crippen LogP) is 1.57. The van der Waals surface area contributed by atoms with Gasteiger partial charge in [0, 0.05) is 31.2 Å². The van der Waals surface area contributed by atoms with Crippen molar-refractivity contribution in [2.24, 2.45) is 11.7 Å². The van der Waals surface area contributed by atoms with E-state index >= 15 is 0 Å². The molecule has 3 N–H and O–H groups in total. The highest BCUT2D eigenvalue weighted by Crippen LogP contribution is 2.31. The van der Waals surface area contributed by atoms with Crippen LogP contribution in [-0.2, 0) is 9.53 Å². The summed E-state index contributed by atoms with van der Waals surface area (Å²) in [5.41, 5.74) is 5.93. The minimum Gasteiger partial charge on any atom is -0.379 e. The highest BCUT2D eigenvalue weighted by Gasteiger charge is 2.37. The van der Waals surface area contributed by atoms with Crippen LogP contribution in [0.4, 0.5) is 0 Å². The maximum atomic E-state index is 12.3. The molecular weight excluding hydrogens is 325 g/mol. The summed E-state index contributed by atoms with van der Waals surface area (Å²) in [5, 5.41) is 3.07. The first-order chi connectivity index (χ1) is 9.50. The molecule has 5 nitrogen and oxygen atoms in total. The van der Waals surface area contributed by atoms with Crippen molar-refractivity contribution in [2.75, 3.05) is 32.8 Å². The van der Waals surface area contributed by atoms with Crippen molar-refractivity contribution in [2.45, 2.75) is 51.1 Å². The van der Waals surface area contributed by atoms with Gasteiger partial charge in [-0.1, -0.05) is 12.8 Å². The molecule has 2 fully saturated rings. The van der Waals surface area contributed by atoms with Crippen LogP contribution in [0.15, 0.2) is 0 Å². The molecule has 3 unspecified atom stereocenters. The van der Waals surface area contributed by atoms with Gasteiger partial charge in [-0.3, -0.25) is 9.69 Å². The average molecular weight is 356 g/mol. The number of nitrogens with one attached hydrogen (secondary N) is 1. The summed E-state index contributed by atoms with van der Waals surface area (Å²) >= 11 is 0. The fraction of sp³-hybridized carbons (Fsp3) is 0.933. The maximum Gasteiger partial charge on any atom is 0.225 e. The molecule has 132 valence electrons. The monoisotopic (exact) mass is 355 g/mol. The Morgan fingerprint density at radius 3 is 2.77 bits per heavy atom. The largest absolute Gasteiger partial charge is 0.379 e. The maximum absolute atomic E-state index is 12.3. The van der Waals surface area contributed by atoms with Crippen LogP contribution in [0, 0.1) is 5.92 Å². The van der Waals surface area contributed by atoms with Gasteiger partial charge in [-0.25, -0.2) is 0 Å². The molecule has 7 heteroatoms. The molecule has 22 heavy (non-hydrogen) atoms. The van der Waals surface area contributed by atoms with Gasteiger partial charge < -0.3 is 15.8 Å². The Hall–Kier alpha value is -0.0700. The number of hydrogen-bond acceptors (Lipinski definition) is 4. The van der Waals surface area contributed by atoms with E-state index in [9.17, 15) is 4.79 Å². The number of nitrogens with zero attached hydrogens (tertiary/aromatic N) is 1. The van der Waals surface area contributed by atoms with E-state index < -0.39 is 0 Å². The molecule has 0 spiro atoms. The lowest BCUT2D eigenvalue weighted by Gasteiger charge is -2.37. The minimum absolute atomic E-state index is 0. The first-order valence-electron chi connectivity index (χ1n) is 7.89. The van der Waals surface area contributed by atoms with E-state index in [0.717, 1.165) is 52.0 Å². The Morgan fingerprint density at radius 2 is 2.14 bits per heavy atom. The number of halogens is 2.